The summed E-state index contributed by atoms with van der Waals surface area (Å²) >= 11 is 0. The van der Waals surface area contributed by atoms with Crippen molar-refractivity contribution >= 4 is 23.0 Å². The lowest BCUT2D eigenvalue weighted by molar-refractivity contribution is -0.137. The second kappa shape index (κ2) is 8.62. The van der Waals surface area contributed by atoms with Crippen molar-refractivity contribution in [3.05, 3.63) is 76.7 Å². The topological polar surface area (TPSA) is 45.7 Å². The van der Waals surface area contributed by atoms with Gasteiger partial charge < -0.3 is 9.64 Å². The van der Waals surface area contributed by atoms with Gasteiger partial charge in [0.25, 0.3) is 5.91 Å². The largest absolute Gasteiger partial charge is 0.481 e. The van der Waals surface area contributed by atoms with E-state index in [1.54, 1.807) is 24.0 Å². The molecule has 0 radical (unpaired) electrons. The average molecular weight is 473 g/mol. The Hall–Kier alpha value is -3.62. The van der Waals surface area contributed by atoms with E-state index in [0.29, 0.717) is 28.5 Å². The molecule has 1 amide bonds. The summed E-state index contributed by atoms with van der Waals surface area (Å²) in [5.74, 6) is -0.586. The Morgan fingerprint density at radius 3 is 2.29 bits per heavy atom. The maximum absolute atomic E-state index is 13.8. The van der Waals surface area contributed by atoms with E-state index in [9.17, 15) is 22.4 Å². The third-order valence-corrected chi connectivity index (χ3v) is 5.75. The second-order valence-corrected chi connectivity index (χ2v) is 8.38. The lowest BCUT2D eigenvalue weighted by Gasteiger charge is -2.39. The van der Waals surface area contributed by atoms with Crippen LogP contribution < -0.4 is 14.5 Å². The van der Waals surface area contributed by atoms with Crippen molar-refractivity contribution in [2.45, 2.75) is 32.9 Å². The van der Waals surface area contributed by atoms with E-state index in [2.05, 4.69) is 4.98 Å². The molecule has 0 fully saturated rings. The molecular formula is C25H23F4N3O2. The Balaban J connectivity index is 1.92. The van der Waals surface area contributed by atoms with Gasteiger partial charge in [-0.1, -0.05) is 13.8 Å². The molecule has 2 heterocycles. The number of aryl methyl sites for hydroxylation is 1. The standard InChI is InChI=1S/C25H23F4N3O2/c1-14(2)23-20(9-10-22(30-23)34-4)32-13-31(19-8-6-17(26)11-15(19)3)21-12-16(25(27,28)29)5-7-18(21)24(32)33/h5-12,14H,13H2,1-4H3. The van der Waals surface area contributed by atoms with Gasteiger partial charge in [-0.2, -0.15) is 13.2 Å². The number of carbonyl (C=O) groups excluding carboxylic acids is 1. The molecule has 2 aromatic carbocycles. The number of aromatic nitrogens is 1. The van der Waals surface area contributed by atoms with Crippen molar-refractivity contribution in [2.24, 2.45) is 0 Å². The van der Waals surface area contributed by atoms with Crippen molar-refractivity contribution in [3.63, 3.8) is 0 Å². The zero-order valence-electron chi connectivity index (χ0n) is 19.1. The zero-order valence-corrected chi connectivity index (χ0v) is 19.1. The van der Waals surface area contributed by atoms with Crippen LogP contribution in [0, 0.1) is 12.7 Å². The Labute approximate surface area is 194 Å². The van der Waals surface area contributed by atoms with Gasteiger partial charge in [0, 0.05) is 11.8 Å². The monoisotopic (exact) mass is 473 g/mol. The minimum absolute atomic E-state index is 0.0621. The zero-order chi connectivity index (χ0) is 24.8. The molecule has 0 N–H and O–H groups in total. The number of ether oxygens (including phenoxy) is 1. The number of halogens is 4. The smallest absolute Gasteiger partial charge is 0.416 e. The summed E-state index contributed by atoms with van der Waals surface area (Å²) in [5, 5.41) is 0. The minimum atomic E-state index is -4.58. The quantitative estimate of drug-likeness (QED) is 0.410. The van der Waals surface area contributed by atoms with Crippen LogP contribution in [-0.2, 0) is 6.18 Å². The van der Waals surface area contributed by atoms with Crippen LogP contribution in [0.5, 0.6) is 5.88 Å². The lowest BCUT2D eigenvalue weighted by atomic mass is 10.0. The van der Waals surface area contributed by atoms with Gasteiger partial charge in [0.05, 0.1) is 35.3 Å². The van der Waals surface area contributed by atoms with E-state index in [-0.39, 0.29) is 23.8 Å². The van der Waals surface area contributed by atoms with Crippen LogP contribution in [0.4, 0.5) is 34.6 Å². The number of nitrogens with zero attached hydrogens (tertiary/aromatic N) is 3. The van der Waals surface area contributed by atoms with Crippen LogP contribution >= 0.6 is 0 Å². The first-order chi connectivity index (χ1) is 16.0. The van der Waals surface area contributed by atoms with E-state index in [1.165, 1.54) is 36.3 Å². The fraction of sp³-hybridized carbons (Fsp3) is 0.280. The van der Waals surface area contributed by atoms with Crippen LogP contribution in [0.25, 0.3) is 0 Å². The predicted molar refractivity (Wildman–Crippen MR) is 121 cm³/mol. The SMILES string of the molecule is COc1ccc(N2CN(c3ccc(F)cc3C)c3cc(C(F)(F)F)ccc3C2=O)c(C(C)C)n1. The van der Waals surface area contributed by atoms with Crippen LogP contribution in [0.15, 0.2) is 48.5 Å². The Morgan fingerprint density at radius 1 is 0.971 bits per heavy atom. The highest BCUT2D eigenvalue weighted by molar-refractivity contribution is 6.13. The second-order valence-electron chi connectivity index (χ2n) is 8.38. The Morgan fingerprint density at radius 2 is 1.68 bits per heavy atom. The van der Waals surface area contributed by atoms with Crippen molar-refractivity contribution in [1.29, 1.82) is 0 Å². The maximum atomic E-state index is 13.8. The third-order valence-electron chi connectivity index (χ3n) is 5.75. The molecule has 0 bridgehead atoms. The van der Waals surface area contributed by atoms with Gasteiger partial charge in [0.2, 0.25) is 5.88 Å². The molecule has 5 nitrogen and oxygen atoms in total. The first-order valence-electron chi connectivity index (χ1n) is 10.6. The minimum Gasteiger partial charge on any atom is -0.481 e. The third kappa shape index (κ3) is 4.18. The molecule has 0 atom stereocenters. The number of fused-ring (bicyclic) bond motifs is 1. The summed E-state index contributed by atoms with van der Waals surface area (Å²) in [6.07, 6.45) is -4.58. The number of methoxy groups -OCH3 is 1. The van der Waals surface area contributed by atoms with Crippen molar-refractivity contribution < 1.29 is 27.1 Å². The van der Waals surface area contributed by atoms with E-state index in [1.807, 2.05) is 13.8 Å². The molecule has 1 aromatic heterocycles. The van der Waals surface area contributed by atoms with E-state index in [0.717, 1.165) is 12.1 Å². The van der Waals surface area contributed by atoms with Gasteiger partial charge in [0.15, 0.2) is 0 Å². The summed E-state index contributed by atoms with van der Waals surface area (Å²) in [6, 6.07) is 10.4. The Kier molecular flexibility index (Phi) is 5.97. The van der Waals surface area contributed by atoms with E-state index >= 15 is 0 Å². The number of benzene rings is 2. The fourth-order valence-corrected chi connectivity index (χ4v) is 4.07. The van der Waals surface area contributed by atoms with Gasteiger partial charge in [0.1, 0.15) is 12.5 Å². The lowest BCUT2D eigenvalue weighted by Crippen LogP contribution is -2.45. The van der Waals surface area contributed by atoms with Crippen molar-refractivity contribution in [2.75, 3.05) is 23.6 Å². The van der Waals surface area contributed by atoms with Gasteiger partial charge in [-0.05, 0) is 60.9 Å². The highest BCUT2D eigenvalue weighted by Gasteiger charge is 2.37. The summed E-state index contributed by atoms with van der Waals surface area (Å²) < 4.78 is 59.5. The number of pyridine rings is 1. The molecule has 1 aliphatic rings. The number of hydrogen-bond acceptors (Lipinski definition) is 4. The van der Waals surface area contributed by atoms with Crippen molar-refractivity contribution in [1.82, 2.24) is 4.98 Å². The summed E-state index contributed by atoms with van der Waals surface area (Å²) in [4.78, 5) is 21.1. The van der Waals surface area contributed by atoms with E-state index in [4.69, 9.17) is 4.74 Å². The molecule has 4 rings (SSSR count). The summed E-state index contributed by atoms with van der Waals surface area (Å²) in [5.41, 5.74) is 1.50. The predicted octanol–water partition coefficient (Wildman–Crippen LogP) is 6.44. The molecule has 0 aliphatic carbocycles. The molecule has 0 saturated carbocycles. The summed E-state index contributed by atoms with van der Waals surface area (Å²) in [7, 11) is 1.49. The molecule has 3 aromatic rings. The number of anilines is 3. The van der Waals surface area contributed by atoms with E-state index < -0.39 is 23.5 Å². The molecule has 1 aliphatic heterocycles. The molecule has 0 unspecified atom stereocenters. The Bertz CT molecular complexity index is 1260. The van der Waals surface area contributed by atoms with Gasteiger partial charge in [-0.15, -0.1) is 0 Å². The molecular weight excluding hydrogens is 450 g/mol. The normalized spacial score (nSPS) is 14.0. The summed E-state index contributed by atoms with van der Waals surface area (Å²) in [6.45, 7) is 5.44. The molecule has 34 heavy (non-hydrogen) atoms. The van der Waals surface area contributed by atoms with Gasteiger partial charge in [-0.3, -0.25) is 9.69 Å². The fourth-order valence-electron chi connectivity index (χ4n) is 4.07. The number of alkyl halides is 3. The molecule has 0 saturated heterocycles. The number of rotatable bonds is 4. The van der Waals surface area contributed by atoms with Gasteiger partial charge >= 0.3 is 6.18 Å². The molecule has 178 valence electrons. The molecule has 0 spiro atoms. The van der Waals surface area contributed by atoms with Crippen LogP contribution in [-0.4, -0.2) is 24.7 Å². The maximum Gasteiger partial charge on any atom is 0.416 e. The first kappa shape index (κ1) is 23.5. The number of carbonyl (C=O) groups is 1. The first-order valence-corrected chi connectivity index (χ1v) is 10.6. The molecule has 9 heteroatoms. The van der Waals surface area contributed by atoms with Crippen LogP contribution in [0.2, 0.25) is 0 Å². The number of amides is 1. The highest BCUT2D eigenvalue weighted by atomic mass is 19.4. The van der Waals surface area contributed by atoms with Crippen LogP contribution in [0.1, 0.15) is 46.9 Å². The highest BCUT2D eigenvalue weighted by Crippen LogP contribution is 2.42. The number of hydrogen-bond donors (Lipinski definition) is 0. The average Bonchev–Trinajstić information content (AvgIpc) is 2.78. The van der Waals surface area contributed by atoms with Gasteiger partial charge in [-0.25, -0.2) is 9.37 Å². The van der Waals surface area contributed by atoms with Crippen molar-refractivity contribution in [3.8, 4) is 5.88 Å². The van der Waals surface area contributed by atoms with Crippen LogP contribution in [0.3, 0.4) is 0 Å².